The van der Waals surface area contributed by atoms with Gasteiger partial charge in [-0.25, -0.2) is 9.59 Å². The monoisotopic (exact) mass is 336 g/mol. The van der Waals surface area contributed by atoms with Crippen molar-refractivity contribution in [3.8, 4) is 0 Å². The molecule has 1 heterocycles. The van der Waals surface area contributed by atoms with Crippen LogP contribution >= 0.6 is 0 Å². The molecule has 3 atom stereocenters. The Hall–Kier alpha value is -1.92. The lowest BCUT2D eigenvalue weighted by molar-refractivity contribution is -0.204. The Morgan fingerprint density at radius 1 is 1.12 bits per heavy atom. The third-order valence-corrected chi connectivity index (χ3v) is 3.67. The minimum atomic E-state index is -0.987. The number of benzene rings is 1. The SMILES string of the molecule is C[C@H](OC(=O)[C@H](C)OC1CCCCO1)C(=O)OCc1ccccc1. The minimum absolute atomic E-state index is 0.142. The Morgan fingerprint density at radius 3 is 2.54 bits per heavy atom. The van der Waals surface area contributed by atoms with Crippen molar-refractivity contribution in [2.45, 2.75) is 58.2 Å². The second-order valence-electron chi connectivity index (χ2n) is 5.75. The molecule has 1 aliphatic rings. The van der Waals surface area contributed by atoms with Gasteiger partial charge in [-0.3, -0.25) is 0 Å². The molecule has 0 N–H and O–H groups in total. The molecule has 0 amide bonds. The van der Waals surface area contributed by atoms with Crippen LogP contribution in [0.1, 0.15) is 38.7 Å². The van der Waals surface area contributed by atoms with Crippen LogP contribution in [-0.4, -0.2) is 37.0 Å². The van der Waals surface area contributed by atoms with Gasteiger partial charge in [-0.15, -0.1) is 0 Å². The molecule has 1 unspecified atom stereocenters. The van der Waals surface area contributed by atoms with Crippen molar-refractivity contribution in [3.63, 3.8) is 0 Å². The zero-order valence-electron chi connectivity index (χ0n) is 14.1. The van der Waals surface area contributed by atoms with E-state index < -0.39 is 24.1 Å². The van der Waals surface area contributed by atoms with Crippen LogP contribution in [0, 0.1) is 0 Å². The fourth-order valence-electron chi connectivity index (χ4n) is 2.27. The second kappa shape index (κ2) is 9.39. The number of carbonyl (C=O) groups is 2. The Labute approximate surface area is 142 Å². The minimum Gasteiger partial charge on any atom is -0.458 e. The molecule has 1 aliphatic heterocycles. The Kier molecular flexibility index (Phi) is 7.21. The summed E-state index contributed by atoms with van der Waals surface area (Å²) in [4.78, 5) is 23.9. The van der Waals surface area contributed by atoms with Crippen LogP contribution < -0.4 is 0 Å². The van der Waals surface area contributed by atoms with Gasteiger partial charge in [0.05, 0.1) is 0 Å². The van der Waals surface area contributed by atoms with Gasteiger partial charge in [0.1, 0.15) is 6.61 Å². The van der Waals surface area contributed by atoms with E-state index in [0.717, 1.165) is 24.8 Å². The molecule has 0 spiro atoms. The van der Waals surface area contributed by atoms with Gasteiger partial charge in [0.2, 0.25) is 0 Å². The summed E-state index contributed by atoms with van der Waals surface area (Å²) in [5.41, 5.74) is 0.871. The average molecular weight is 336 g/mol. The summed E-state index contributed by atoms with van der Waals surface area (Å²) in [6, 6.07) is 9.30. The normalized spacial score (nSPS) is 20.0. The summed E-state index contributed by atoms with van der Waals surface area (Å²) in [5, 5.41) is 0. The topological polar surface area (TPSA) is 71.1 Å². The third-order valence-electron chi connectivity index (χ3n) is 3.67. The maximum atomic E-state index is 12.0. The number of esters is 2. The van der Waals surface area contributed by atoms with Crippen molar-refractivity contribution in [2.24, 2.45) is 0 Å². The lowest BCUT2D eigenvalue weighted by Gasteiger charge is -2.25. The highest BCUT2D eigenvalue weighted by Crippen LogP contribution is 2.16. The van der Waals surface area contributed by atoms with Crippen LogP contribution in [0.5, 0.6) is 0 Å². The zero-order chi connectivity index (χ0) is 17.4. The summed E-state index contributed by atoms with van der Waals surface area (Å²) < 4.78 is 21.2. The van der Waals surface area contributed by atoms with Crippen LogP contribution in [0.25, 0.3) is 0 Å². The molecule has 1 aromatic carbocycles. The predicted molar refractivity (Wildman–Crippen MR) is 85.9 cm³/mol. The lowest BCUT2D eigenvalue weighted by Crippen LogP contribution is -2.35. The van der Waals surface area contributed by atoms with Crippen molar-refractivity contribution in [1.29, 1.82) is 0 Å². The molecular weight excluding hydrogens is 312 g/mol. The highest BCUT2D eigenvalue weighted by Gasteiger charge is 2.26. The van der Waals surface area contributed by atoms with Gasteiger partial charge in [0.25, 0.3) is 0 Å². The number of ether oxygens (including phenoxy) is 4. The molecule has 0 aliphatic carbocycles. The van der Waals surface area contributed by atoms with Crippen molar-refractivity contribution >= 4 is 11.9 Å². The molecule has 1 aromatic rings. The maximum absolute atomic E-state index is 12.0. The standard InChI is InChI=1S/C18H24O6/c1-13(17(19)22-12-15-8-4-3-5-9-15)24-18(20)14(2)23-16-10-6-7-11-21-16/h3-5,8-9,13-14,16H,6-7,10-12H2,1-2H3/t13-,14-,16?/m0/s1. The molecule has 6 heteroatoms. The summed E-state index contributed by atoms with van der Waals surface area (Å²) in [5.74, 6) is -1.19. The van der Waals surface area contributed by atoms with E-state index in [1.54, 1.807) is 6.92 Å². The molecule has 2 rings (SSSR count). The van der Waals surface area contributed by atoms with Crippen molar-refractivity contribution < 1.29 is 28.5 Å². The number of rotatable bonds is 7. The molecule has 132 valence electrons. The average Bonchev–Trinajstić information content (AvgIpc) is 2.61. The first-order chi connectivity index (χ1) is 11.6. The Bertz CT molecular complexity index is 524. The largest absolute Gasteiger partial charge is 0.458 e. The van der Waals surface area contributed by atoms with E-state index in [0.29, 0.717) is 6.61 Å². The summed E-state index contributed by atoms with van der Waals surface area (Å²) in [6.07, 6.45) is 0.600. The van der Waals surface area contributed by atoms with Crippen molar-refractivity contribution in [3.05, 3.63) is 35.9 Å². The van der Waals surface area contributed by atoms with Gasteiger partial charge >= 0.3 is 11.9 Å². The molecular formula is C18H24O6. The first-order valence-corrected chi connectivity index (χ1v) is 8.24. The third kappa shape index (κ3) is 5.94. The molecule has 1 fully saturated rings. The number of hydrogen-bond acceptors (Lipinski definition) is 6. The summed E-state index contributed by atoms with van der Waals surface area (Å²) in [6.45, 7) is 3.84. The molecule has 0 saturated carbocycles. The fourth-order valence-corrected chi connectivity index (χ4v) is 2.27. The summed E-state index contributed by atoms with van der Waals surface area (Å²) in [7, 11) is 0. The quantitative estimate of drug-likeness (QED) is 0.713. The highest BCUT2D eigenvalue weighted by molar-refractivity contribution is 5.80. The van der Waals surface area contributed by atoms with Gasteiger partial charge in [0.15, 0.2) is 18.5 Å². The van der Waals surface area contributed by atoms with Crippen LogP contribution in [0.15, 0.2) is 30.3 Å². The molecule has 0 radical (unpaired) electrons. The molecule has 24 heavy (non-hydrogen) atoms. The van der Waals surface area contributed by atoms with Gasteiger partial charge in [-0.05, 0) is 38.7 Å². The van der Waals surface area contributed by atoms with Crippen molar-refractivity contribution in [2.75, 3.05) is 6.61 Å². The number of carbonyl (C=O) groups excluding carboxylic acids is 2. The van der Waals surface area contributed by atoms with E-state index in [2.05, 4.69) is 0 Å². The van der Waals surface area contributed by atoms with Crippen LogP contribution in [0.4, 0.5) is 0 Å². The van der Waals surface area contributed by atoms with Crippen LogP contribution in [-0.2, 0) is 35.1 Å². The second-order valence-corrected chi connectivity index (χ2v) is 5.75. The van der Waals surface area contributed by atoms with Gasteiger partial charge in [0, 0.05) is 6.61 Å². The van der Waals surface area contributed by atoms with Gasteiger partial charge in [-0.1, -0.05) is 30.3 Å². The smallest absolute Gasteiger partial charge is 0.347 e. The Morgan fingerprint density at radius 2 is 1.88 bits per heavy atom. The van der Waals surface area contributed by atoms with Gasteiger partial charge in [-0.2, -0.15) is 0 Å². The first kappa shape index (κ1) is 18.4. The maximum Gasteiger partial charge on any atom is 0.347 e. The number of hydrogen-bond donors (Lipinski definition) is 0. The summed E-state index contributed by atoms with van der Waals surface area (Å²) >= 11 is 0. The molecule has 6 nitrogen and oxygen atoms in total. The molecule has 0 bridgehead atoms. The highest BCUT2D eigenvalue weighted by atomic mass is 16.7. The fraction of sp³-hybridized carbons (Fsp3) is 0.556. The molecule has 1 saturated heterocycles. The van der Waals surface area contributed by atoms with Crippen molar-refractivity contribution in [1.82, 2.24) is 0 Å². The van der Waals surface area contributed by atoms with E-state index in [1.807, 2.05) is 30.3 Å². The van der Waals surface area contributed by atoms with Gasteiger partial charge < -0.3 is 18.9 Å². The van der Waals surface area contributed by atoms with E-state index in [9.17, 15) is 9.59 Å². The molecule has 0 aromatic heterocycles. The van der Waals surface area contributed by atoms with Crippen LogP contribution in [0.3, 0.4) is 0 Å². The zero-order valence-corrected chi connectivity index (χ0v) is 14.1. The van der Waals surface area contributed by atoms with Crippen LogP contribution in [0.2, 0.25) is 0 Å². The van der Waals surface area contributed by atoms with E-state index in [4.69, 9.17) is 18.9 Å². The Balaban J connectivity index is 1.72. The van der Waals surface area contributed by atoms with E-state index >= 15 is 0 Å². The predicted octanol–water partition coefficient (Wildman–Crippen LogP) is 2.59. The van der Waals surface area contributed by atoms with E-state index in [-0.39, 0.29) is 12.9 Å². The van der Waals surface area contributed by atoms with E-state index in [1.165, 1.54) is 6.92 Å². The first-order valence-electron chi connectivity index (χ1n) is 8.24. The lowest BCUT2D eigenvalue weighted by atomic mass is 10.2.